The number of alkyl halides is 2. The van der Waals surface area contributed by atoms with Gasteiger partial charge in [-0.25, -0.2) is 14.4 Å². The van der Waals surface area contributed by atoms with Crippen molar-refractivity contribution in [3.8, 4) is 0 Å². The highest BCUT2D eigenvalue weighted by Gasteiger charge is 2.56. The maximum atomic E-state index is 13.8. The molecule has 0 unspecified atom stereocenters. The third-order valence-corrected chi connectivity index (χ3v) is 22.9. The van der Waals surface area contributed by atoms with Gasteiger partial charge in [0.05, 0.1) is 45.5 Å². The summed E-state index contributed by atoms with van der Waals surface area (Å²) in [6, 6.07) is 24.6. The van der Waals surface area contributed by atoms with Crippen molar-refractivity contribution in [2.45, 2.75) is 137 Å². The molecule has 3 aromatic rings. The molecule has 0 amide bonds. The first kappa shape index (κ1) is 49.5. The molecule has 0 aliphatic carbocycles. The van der Waals surface area contributed by atoms with Gasteiger partial charge in [-0.1, -0.05) is 135 Å². The van der Waals surface area contributed by atoms with Crippen LogP contribution in [0.1, 0.15) is 72.6 Å². The Morgan fingerprint density at radius 2 is 1.00 bits per heavy atom. The first-order valence-corrected chi connectivity index (χ1v) is 28.7. The summed E-state index contributed by atoms with van der Waals surface area (Å²) in [5.41, 5.74) is 0.574. The molecular weight excluding hydrogens is 995 g/mol. The maximum Gasteiger partial charge on any atom is 0.338 e. The highest BCUT2D eigenvalue weighted by atomic mass is 127. The topological polar surface area (TPSA) is 145 Å². The van der Waals surface area contributed by atoms with Gasteiger partial charge in [0.2, 0.25) is 0 Å². The van der Waals surface area contributed by atoms with E-state index in [2.05, 4.69) is 106 Å². The molecule has 1 N–H and O–H groups in total. The Kier molecular flexibility index (Phi) is 16.7. The van der Waals surface area contributed by atoms with Crippen molar-refractivity contribution >= 4 is 73.1 Å². The minimum Gasteiger partial charge on any atom is -0.452 e. The third kappa shape index (κ3) is 12.2. The normalized spacial score (nSPS) is 27.5. The first-order chi connectivity index (χ1) is 28.5. The lowest BCUT2D eigenvalue weighted by molar-refractivity contribution is -0.300. The van der Waals surface area contributed by atoms with E-state index in [4.69, 9.17) is 37.3 Å². The summed E-state index contributed by atoms with van der Waals surface area (Å²) in [7, 11) is -4.73. The van der Waals surface area contributed by atoms with E-state index in [0.717, 1.165) is 0 Å². The summed E-state index contributed by atoms with van der Waals surface area (Å²) in [5, 5.41) is 11.9. The van der Waals surface area contributed by atoms with Crippen LogP contribution in [-0.2, 0) is 37.3 Å². The summed E-state index contributed by atoms with van der Waals surface area (Å²) in [6.45, 7) is 21.7. The molecule has 10 atom stereocenters. The van der Waals surface area contributed by atoms with E-state index in [1.165, 1.54) is 0 Å². The Hall–Kier alpha value is -2.53. The summed E-state index contributed by atoms with van der Waals surface area (Å²) in [5.74, 6) is -2.39. The molecule has 2 heterocycles. The van der Waals surface area contributed by atoms with Gasteiger partial charge in [0.1, 0.15) is 6.10 Å². The molecule has 16 heteroatoms. The molecule has 12 nitrogen and oxygen atoms in total. The molecule has 334 valence electrons. The van der Waals surface area contributed by atoms with Crippen LogP contribution in [-0.4, -0.2) is 111 Å². The standard InChI is InChI=1S/C45H60BrIO12Si2/c1-44(2,3)60(7,8)58-35-31(26-46)54-43(33(47)36(35)59-61(9,10)45(4,5)6)52-27-32-34(55-39(48)28-20-14-11-15-21-28)37(56-40(49)29-22-16-12-17-23-29)38(42(51)53-32)57-41(50)30-24-18-13-19-25-30/h11-25,31-38,42-43,51H,26-27H2,1-10H3/t31-,32-,33-,34-,35-,36-,37+,38-,42+,43-/m1/s1. The number of esters is 3. The minimum atomic E-state index is -2.39. The monoisotopic (exact) mass is 1050 g/mol. The predicted molar refractivity (Wildman–Crippen MR) is 248 cm³/mol. The van der Waals surface area contributed by atoms with Crippen molar-refractivity contribution in [2.75, 3.05) is 11.9 Å². The largest absolute Gasteiger partial charge is 0.452 e. The average Bonchev–Trinajstić information content (AvgIpc) is 3.21. The highest BCUT2D eigenvalue weighted by molar-refractivity contribution is 14.1. The number of benzene rings is 3. The van der Waals surface area contributed by atoms with Crippen LogP contribution in [0.5, 0.6) is 0 Å². The molecule has 2 aliphatic rings. The van der Waals surface area contributed by atoms with Gasteiger partial charge in [-0.3, -0.25) is 0 Å². The van der Waals surface area contributed by atoms with Crippen molar-refractivity contribution < 1.29 is 56.8 Å². The molecule has 61 heavy (non-hydrogen) atoms. The van der Waals surface area contributed by atoms with E-state index in [0.29, 0.717) is 5.33 Å². The van der Waals surface area contributed by atoms with Gasteiger partial charge in [0.25, 0.3) is 0 Å². The van der Waals surface area contributed by atoms with Gasteiger partial charge in [0.15, 0.2) is 47.5 Å². The van der Waals surface area contributed by atoms with Crippen molar-refractivity contribution in [3.05, 3.63) is 108 Å². The van der Waals surface area contributed by atoms with Crippen molar-refractivity contribution in [1.29, 1.82) is 0 Å². The zero-order valence-electron chi connectivity index (χ0n) is 36.5. The van der Waals surface area contributed by atoms with E-state index in [1.54, 1.807) is 91.0 Å². The van der Waals surface area contributed by atoms with Gasteiger partial charge in [0, 0.05) is 5.33 Å². The number of ether oxygens (including phenoxy) is 6. The van der Waals surface area contributed by atoms with E-state index in [1.807, 2.05) is 0 Å². The van der Waals surface area contributed by atoms with Gasteiger partial charge in [-0.05, 0) is 72.7 Å². The van der Waals surface area contributed by atoms with E-state index >= 15 is 0 Å². The number of halogens is 2. The van der Waals surface area contributed by atoms with Crippen LogP contribution in [0.15, 0.2) is 91.0 Å². The van der Waals surface area contributed by atoms with E-state index in [9.17, 15) is 19.5 Å². The molecule has 3 aromatic carbocycles. The summed E-state index contributed by atoms with van der Waals surface area (Å²) < 4.78 is 51.4. The number of hydrogen-bond acceptors (Lipinski definition) is 12. The predicted octanol–water partition coefficient (Wildman–Crippen LogP) is 9.10. The summed E-state index contributed by atoms with van der Waals surface area (Å²) >= 11 is 6.00. The second-order valence-corrected chi connectivity index (χ2v) is 30.0. The molecule has 2 saturated heterocycles. The van der Waals surface area contributed by atoms with Crippen molar-refractivity contribution in [3.63, 3.8) is 0 Å². The number of hydrogen-bond donors (Lipinski definition) is 1. The van der Waals surface area contributed by atoms with Gasteiger partial charge >= 0.3 is 17.9 Å². The van der Waals surface area contributed by atoms with Crippen LogP contribution in [0.4, 0.5) is 0 Å². The van der Waals surface area contributed by atoms with Crippen LogP contribution < -0.4 is 0 Å². The van der Waals surface area contributed by atoms with E-state index in [-0.39, 0.29) is 33.4 Å². The fourth-order valence-electron chi connectivity index (χ4n) is 6.36. The zero-order valence-corrected chi connectivity index (χ0v) is 42.3. The van der Waals surface area contributed by atoms with Crippen LogP contribution in [0, 0.1) is 0 Å². The van der Waals surface area contributed by atoms with E-state index < -0.39 is 93.8 Å². The zero-order chi connectivity index (χ0) is 44.9. The Labute approximate surface area is 384 Å². The number of rotatable bonds is 14. The van der Waals surface area contributed by atoms with Gasteiger partial charge in [-0.15, -0.1) is 0 Å². The second kappa shape index (κ2) is 20.5. The number of carbonyl (C=O) groups excluding carboxylic acids is 3. The van der Waals surface area contributed by atoms with Crippen LogP contribution in [0.25, 0.3) is 0 Å². The number of carbonyl (C=O) groups is 3. The Balaban J connectivity index is 1.51. The van der Waals surface area contributed by atoms with Crippen LogP contribution >= 0.6 is 38.5 Å². The molecule has 2 fully saturated rings. The van der Waals surface area contributed by atoms with Crippen molar-refractivity contribution in [2.24, 2.45) is 0 Å². The SMILES string of the molecule is CC(C)(C)[Si](C)(C)O[C@@H]1[C@@H](I)[C@H](OC[C@H]2O[C@H](O)[C@H](OC(=O)c3ccccc3)[C@@H](OC(=O)c3ccccc3)[C@@H]2OC(=O)c2ccccc2)O[C@H](CBr)[C@H]1O[Si](C)(C)C(C)(C)C. The fraction of sp³-hybridized carbons (Fsp3) is 0.533. The van der Waals surface area contributed by atoms with Gasteiger partial charge in [-0.2, -0.15) is 0 Å². The summed E-state index contributed by atoms with van der Waals surface area (Å²) in [4.78, 5) is 41.1. The first-order valence-electron chi connectivity index (χ1n) is 20.5. The lowest BCUT2D eigenvalue weighted by Gasteiger charge is -2.52. The second-order valence-electron chi connectivity index (χ2n) is 18.4. The number of aliphatic hydroxyl groups is 1. The third-order valence-electron chi connectivity index (χ3n) is 12.0. The molecule has 0 spiro atoms. The average molecular weight is 1060 g/mol. The molecule has 2 aliphatic heterocycles. The number of aliphatic hydroxyl groups excluding tert-OH is 1. The van der Waals surface area contributed by atoms with Crippen LogP contribution in [0.2, 0.25) is 36.3 Å². The molecule has 0 saturated carbocycles. The molecule has 0 bridgehead atoms. The molecule has 5 rings (SSSR count). The maximum absolute atomic E-state index is 13.8. The van der Waals surface area contributed by atoms with Gasteiger partial charge < -0.3 is 42.4 Å². The Morgan fingerprint density at radius 1 is 0.607 bits per heavy atom. The minimum absolute atomic E-state index is 0.0847. The molecule has 0 radical (unpaired) electrons. The quantitative estimate of drug-likeness (QED) is 0.0541. The molecule has 0 aromatic heterocycles. The summed E-state index contributed by atoms with van der Waals surface area (Å²) in [6.07, 6.45) is -9.95. The lowest BCUT2D eigenvalue weighted by Crippen LogP contribution is -2.65. The van der Waals surface area contributed by atoms with Crippen LogP contribution in [0.3, 0.4) is 0 Å². The lowest BCUT2D eigenvalue weighted by atomic mass is 9.97. The Bertz CT molecular complexity index is 1910. The fourth-order valence-corrected chi connectivity index (χ4v) is 10.7. The molecular formula is C45H60BrIO12Si2. The smallest absolute Gasteiger partial charge is 0.338 e. The highest BCUT2D eigenvalue weighted by Crippen LogP contribution is 2.45. The van der Waals surface area contributed by atoms with Crippen molar-refractivity contribution in [1.82, 2.24) is 0 Å². The Morgan fingerprint density at radius 3 is 1.41 bits per heavy atom.